The van der Waals surface area contributed by atoms with Gasteiger partial charge in [-0.25, -0.2) is 4.79 Å². The summed E-state index contributed by atoms with van der Waals surface area (Å²) in [5.41, 5.74) is 2.99. The molecule has 0 spiro atoms. The van der Waals surface area contributed by atoms with E-state index in [0.717, 1.165) is 11.3 Å². The number of rotatable bonds is 3. The van der Waals surface area contributed by atoms with E-state index in [1.807, 2.05) is 61.5 Å². The van der Waals surface area contributed by atoms with Gasteiger partial charge in [-0.2, -0.15) is 5.26 Å². The molecule has 128 valence electrons. The van der Waals surface area contributed by atoms with Crippen LogP contribution < -0.4 is 5.32 Å². The number of nitrogens with zero attached hydrogens (tertiary/aromatic N) is 3. The van der Waals surface area contributed by atoms with Crippen LogP contribution in [0.5, 0.6) is 0 Å². The van der Waals surface area contributed by atoms with Crippen LogP contribution in [0.1, 0.15) is 17.2 Å². The Labute approximate surface area is 148 Å². The van der Waals surface area contributed by atoms with Crippen molar-refractivity contribution in [2.45, 2.75) is 13.0 Å². The normalized spacial score (nSPS) is 16.1. The van der Waals surface area contributed by atoms with Gasteiger partial charge in [-0.1, -0.05) is 48.0 Å². The summed E-state index contributed by atoms with van der Waals surface area (Å²) in [4.78, 5) is 16.3. The highest BCUT2D eigenvalue weighted by Crippen LogP contribution is 2.22. The van der Waals surface area contributed by atoms with Gasteiger partial charge in [0.15, 0.2) is 0 Å². The lowest BCUT2D eigenvalue weighted by molar-refractivity contribution is 0.131. The monoisotopic (exact) mass is 334 g/mol. The number of urea groups is 1. The molecule has 1 N–H and O–H groups in total. The summed E-state index contributed by atoms with van der Waals surface area (Å²) < 4.78 is 0. The molecule has 0 saturated carbocycles. The van der Waals surface area contributed by atoms with Crippen LogP contribution in [0.4, 0.5) is 10.5 Å². The summed E-state index contributed by atoms with van der Waals surface area (Å²) in [6, 6.07) is 19.6. The number of hydrogen-bond donors (Lipinski definition) is 1. The van der Waals surface area contributed by atoms with Crippen molar-refractivity contribution in [1.82, 2.24) is 9.80 Å². The van der Waals surface area contributed by atoms with Gasteiger partial charge in [-0.05, 0) is 24.6 Å². The molecule has 1 aliphatic heterocycles. The third-order valence-corrected chi connectivity index (χ3v) is 4.51. The maximum absolute atomic E-state index is 12.4. The average molecular weight is 334 g/mol. The lowest BCUT2D eigenvalue weighted by atomic mass is 10.0. The minimum atomic E-state index is -0.264. The third kappa shape index (κ3) is 4.17. The molecule has 5 heteroatoms. The van der Waals surface area contributed by atoms with Crippen LogP contribution >= 0.6 is 0 Å². The van der Waals surface area contributed by atoms with E-state index in [0.29, 0.717) is 26.2 Å². The van der Waals surface area contributed by atoms with E-state index in [9.17, 15) is 10.1 Å². The second kappa shape index (κ2) is 7.82. The zero-order chi connectivity index (χ0) is 17.6. The largest absolute Gasteiger partial charge is 0.322 e. The Morgan fingerprint density at radius 2 is 1.68 bits per heavy atom. The number of carbonyl (C=O) groups is 1. The molecule has 2 amide bonds. The van der Waals surface area contributed by atoms with E-state index < -0.39 is 0 Å². The lowest BCUT2D eigenvalue weighted by Gasteiger charge is -2.37. The van der Waals surface area contributed by atoms with Crippen LogP contribution in [-0.2, 0) is 0 Å². The van der Waals surface area contributed by atoms with E-state index in [2.05, 4.69) is 16.3 Å². The Bertz CT molecular complexity index is 744. The number of piperazine rings is 1. The molecule has 2 aromatic carbocycles. The van der Waals surface area contributed by atoms with Gasteiger partial charge in [-0.15, -0.1) is 0 Å². The number of hydrogen-bond acceptors (Lipinski definition) is 3. The second-order valence-electron chi connectivity index (χ2n) is 6.26. The van der Waals surface area contributed by atoms with Crippen molar-refractivity contribution in [2.75, 3.05) is 31.5 Å². The zero-order valence-electron chi connectivity index (χ0n) is 14.4. The molecular weight excluding hydrogens is 312 g/mol. The molecule has 0 aliphatic carbocycles. The Hall–Kier alpha value is -2.84. The van der Waals surface area contributed by atoms with Crippen LogP contribution in [0.3, 0.4) is 0 Å². The van der Waals surface area contributed by atoms with Crippen LogP contribution in [0, 0.1) is 18.3 Å². The Morgan fingerprint density at radius 3 is 2.28 bits per heavy atom. The quantitative estimate of drug-likeness (QED) is 0.936. The van der Waals surface area contributed by atoms with E-state index in [1.165, 1.54) is 5.56 Å². The van der Waals surface area contributed by atoms with Crippen molar-refractivity contribution in [3.8, 4) is 6.07 Å². The molecule has 5 nitrogen and oxygen atoms in total. The van der Waals surface area contributed by atoms with Crippen molar-refractivity contribution >= 4 is 11.7 Å². The van der Waals surface area contributed by atoms with Crippen molar-refractivity contribution in [2.24, 2.45) is 0 Å². The molecule has 1 aliphatic rings. The molecule has 0 radical (unpaired) electrons. The zero-order valence-corrected chi connectivity index (χ0v) is 14.4. The highest BCUT2D eigenvalue weighted by atomic mass is 16.2. The predicted molar refractivity (Wildman–Crippen MR) is 98.1 cm³/mol. The first-order valence-corrected chi connectivity index (χ1v) is 8.48. The van der Waals surface area contributed by atoms with E-state index in [1.54, 1.807) is 4.90 Å². The molecule has 1 fully saturated rings. The summed E-state index contributed by atoms with van der Waals surface area (Å²) in [5, 5.41) is 12.5. The fraction of sp³-hybridized carbons (Fsp3) is 0.300. The molecule has 0 aromatic heterocycles. The molecule has 0 bridgehead atoms. The molecule has 1 heterocycles. The lowest BCUT2D eigenvalue weighted by Crippen LogP contribution is -2.50. The Kier molecular flexibility index (Phi) is 5.32. The molecule has 25 heavy (non-hydrogen) atoms. The summed E-state index contributed by atoms with van der Waals surface area (Å²) in [6.45, 7) is 4.64. The van der Waals surface area contributed by atoms with Crippen molar-refractivity contribution in [1.29, 1.82) is 5.26 Å². The van der Waals surface area contributed by atoms with Crippen LogP contribution in [-0.4, -0.2) is 42.0 Å². The smallest absolute Gasteiger partial charge is 0.321 e. The summed E-state index contributed by atoms with van der Waals surface area (Å²) in [6.07, 6.45) is 0. The maximum Gasteiger partial charge on any atom is 0.321 e. The average Bonchev–Trinajstić information content (AvgIpc) is 2.65. The van der Waals surface area contributed by atoms with Crippen molar-refractivity contribution < 1.29 is 4.79 Å². The van der Waals surface area contributed by atoms with Crippen molar-refractivity contribution in [3.63, 3.8) is 0 Å². The van der Waals surface area contributed by atoms with Gasteiger partial charge >= 0.3 is 6.03 Å². The predicted octanol–water partition coefficient (Wildman–Crippen LogP) is 3.41. The number of nitriles is 1. The van der Waals surface area contributed by atoms with Crippen molar-refractivity contribution in [3.05, 3.63) is 65.7 Å². The van der Waals surface area contributed by atoms with Gasteiger partial charge in [0.05, 0.1) is 6.07 Å². The number of amides is 2. The molecule has 1 atom stereocenters. The standard InChI is InChI=1S/C20H22N4O/c1-16-7-9-17(10-8-16)19(15-21)23-11-13-24(14-12-23)20(25)22-18-5-3-2-4-6-18/h2-10,19H,11-14H2,1H3,(H,22,25). The number of para-hydroxylation sites is 1. The van der Waals surface area contributed by atoms with Gasteiger partial charge in [0.2, 0.25) is 0 Å². The molecule has 1 saturated heterocycles. The Balaban J connectivity index is 1.58. The summed E-state index contributed by atoms with van der Waals surface area (Å²) in [5.74, 6) is 0. The van der Waals surface area contributed by atoms with Gasteiger partial charge in [0, 0.05) is 31.9 Å². The third-order valence-electron chi connectivity index (χ3n) is 4.51. The number of anilines is 1. The Morgan fingerprint density at radius 1 is 1.04 bits per heavy atom. The van der Waals surface area contributed by atoms with Crippen LogP contribution in [0.2, 0.25) is 0 Å². The fourth-order valence-corrected chi connectivity index (χ4v) is 3.02. The first-order chi connectivity index (χ1) is 12.2. The first-order valence-electron chi connectivity index (χ1n) is 8.48. The first kappa shape index (κ1) is 17.0. The second-order valence-corrected chi connectivity index (χ2v) is 6.26. The summed E-state index contributed by atoms with van der Waals surface area (Å²) in [7, 11) is 0. The van der Waals surface area contributed by atoms with Gasteiger partial charge < -0.3 is 10.2 Å². The molecule has 2 aromatic rings. The molecule has 1 unspecified atom stereocenters. The van der Waals surface area contributed by atoms with E-state index in [-0.39, 0.29) is 12.1 Å². The number of aryl methyl sites for hydroxylation is 1. The molecular formula is C20H22N4O. The minimum Gasteiger partial charge on any atom is -0.322 e. The SMILES string of the molecule is Cc1ccc(C(C#N)N2CCN(C(=O)Nc3ccccc3)CC2)cc1. The highest BCUT2D eigenvalue weighted by Gasteiger charge is 2.27. The van der Waals surface area contributed by atoms with Gasteiger partial charge in [-0.3, -0.25) is 4.90 Å². The van der Waals surface area contributed by atoms with Gasteiger partial charge in [0.1, 0.15) is 6.04 Å². The number of benzene rings is 2. The maximum atomic E-state index is 12.4. The van der Waals surface area contributed by atoms with Gasteiger partial charge in [0.25, 0.3) is 0 Å². The fourth-order valence-electron chi connectivity index (χ4n) is 3.02. The molecule has 3 rings (SSSR count). The highest BCUT2D eigenvalue weighted by molar-refractivity contribution is 5.89. The van der Waals surface area contributed by atoms with Crippen LogP contribution in [0.25, 0.3) is 0 Å². The summed E-state index contributed by atoms with van der Waals surface area (Å²) >= 11 is 0. The van der Waals surface area contributed by atoms with E-state index >= 15 is 0 Å². The topological polar surface area (TPSA) is 59.4 Å². The number of carbonyl (C=O) groups excluding carboxylic acids is 1. The van der Waals surface area contributed by atoms with Crippen LogP contribution in [0.15, 0.2) is 54.6 Å². The van der Waals surface area contributed by atoms with E-state index in [4.69, 9.17) is 0 Å². The minimum absolute atomic E-state index is 0.0882. The number of nitrogens with one attached hydrogen (secondary N) is 1.